The lowest BCUT2D eigenvalue weighted by Gasteiger charge is -2.27. The Morgan fingerprint density at radius 2 is 1.67 bits per heavy atom. The van der Waals surface area contributed by atoms with Crippen LogP contribution in [0.25, 0.3) is 0 Å². The Balaban J connectivity index is 4.81. The summed E-state index contributed by atoms with van der Waals surface area (Å²) >= 11 is 0. The molecule has 0 rings (SSSR count). The number of nitrogens with zero attached hydrogens (tertiary/aromatic N) is 2. The van der Waals surface area contributed by atoms with Crippen LogP contribution in [0.4, 0.5) is 0 Å². The quantitative estimate of drug-likeness (QED) is 0.683. The van der Waals surface area contributed by atoms with Crippen LogP contribution in [0.5, 0.6) is 0 Å². The lowest BCUT2D eigenvalue weighted by molar-refractivity contribution is -0.141. The topological polar surface area (TPSA) is 77.9 Å². The summed E-state index contributed by atoms with van der Waals surface area (Å²) in [6.45, 7) is 6.24. The Kier molecular flexibility index (Phi) is 7.42. The first-order chi connectivity index (χ1) is 8.27. The first-order valence-electron chi connectivity index (χ1n) is 6.21. The number of carbonyl (C=O) groups is 1. The normalized spacial score (nSPS) is 14.1. The number of carboxylic acids is 1. The summed E-state index contributed by atoms with van der Waals surface area (Å²) in [7, 11) is -2.13. The van der Waals surface area contributed by atoms with Crippen LogP contribution in [-0.4, -0.2) is 54.8 Å². The standard InChI is InChI=1S/C11H24N2O4S/c1-5-7-13(8-6-2)18(16,17)12(4)9-10(3)11(14)15/h10H,5-9H2,1-4H3,(H,14,15). The highest BCUT2D eigenvalue weighted by Gasteiger charge is 2.28. The highest BCUT2D eigenvalue weighted by molar-refractivity contribution is 7.86. The molecule has 0 heterocycles. The van der Waals surface area contributed by atoms with Gasteiger partial charge >= 0.3 is 5.97 Å². The zero-order valence-electron chi connectivity index (χ0n) is 11.6. The minimum Gasteiger partial charge on any atom is -0.481 e. The smallest absolute Gasteiger partial charge is 0.307 e. The van der Waals surface area contributed by atoms with Crippen LogP contribution in [0.1, 0.15) is 33.6 Å². The summed E-state index contributed by atoms with van der Waals surface area (Å²) in [4.78, 5) is 10.7. The molecule has 0 aromatic heterocycles. The predicted molar refractivity (Wildman–Crippen MR) is 70.5 cm³/mol. The third-order valence-corrected chi connectivity index (χ3v) is 4.57. The molecule has 6 nitrogen and oxygen atoms in total. The van der Waals surface area contributed by atoms with E-state index in [2.05, 4.69) is 0 Å². The van der Waals surface area contributed by atoms with Crippen molar-refractivity contribution in [3.05, 3.63) is 0 Å². The molecule has 18 heavy (non-hydrogen) atoms. The summed E-state index contributed by atoms with van der Waals surface area (Å²) in [6, 6.07) is 0. The van der Waals surface area contributed by atoms with Gasteiger partial charge < -0.3 is 5.11 Å². The second kappa shape index (κ2) is 7.70. The molecule has 1 atom stereocenters. The summed E-state index contributed by atoms with van der Waals surface area (Å²) in [6.07, 6.45) is 1.48. The van der Waals surface area contributed by atoms with Crippen LogP contribution in [-0.2, 0) is 15.0 Å². The third kappa shape index (κ3) is 4.91. The Morgan fingerprint density at radius 1 is 1.22 bits per heavy atom. The summed E-state index contributed by atoms with van der Waals surface area (Å²) in [5.74, 6) is -1.70. The minimum atomic E-state index is -3.55. The molecule has 0 spiro atoms. The van der Waals surface area contributed by atoms with Gasteiger partial charge in [-0.3, -0.25) is 4.79 Å². The van der Waals surface area contributed by atoms with Crippen molar-refractivity contribution in [3.63, 3.8) is 0 Å². The van der Waals surface area contributed by atoms with Gasteiger partial charge in [-0.15, -0.1) is 0 Å². The third-order valence-electron chi connectivity index (χ3n) is 2.62. The van der Waals surface area contributed by atoms with E-state index in [0.717, 1.165) is 17.1 Å². The van der Waals surface area contributed by atoms with Crippen molar-refractivity contribution in [2.75, 3.05) is 26.7 Å². The van der Waals surface area contributed by atoms with Crippen molar-refractivity contribution in [3.8, 4) is 0 Å². The van der Waals surface area contributed by atoms with E-state index in [0.29, 0.717) is 13.1 Å². The van der Waals surface area contributed by atoms with E-state index in [1.807, 2.05) is 13.8 Å². The maximum absolute atomic E-state index is 12.2. The van der Waals surface area contributed by atoms with Crippen LogP contribution in [0.15, 0.2) is 0 Å². The molecule has 0 amide bonds. The monoisotopic (exact) mass is 280 g/mol. The molecule has 0 fully saturated rings. The number of rotatable bonds is 9. The number of hydrogen-bond donors (Lipinski definition) is 1. The molecule has 0 aromatic rings. The molecule has 1 N–H and O–H groups in total. The first kappa shape index (κ1) is 17.3. The van der Waals surface area contributed by atoms with Gasteiger partial charge in [0.15, 0.2) is 0 Å². The minimum absolute atomic E-state index is 0.0123. The molecule has 108 valence electrons. The summed E-state index contributed by atoms with van der Waals surface area (Å²) in [5, 5.41) is 8.81. The zero-order chi connectivity index (χ0) is 14.3. The van der Waals surface area contributed by atoms with Crippen molar-refractivity contribution in [2.24, 2.45) is 5.92 Å². The molecule has 1 unspecified atom stereocenters. The van der Waals surface area contributed by atoms with Gasteiger partial charge in [-0.25, -0.2) is 0 Å². The highest BCUT2D eigenvalue weighted by atomic mass is 32.2. The van der Waals surface area contributed by atoms with Gasteiger partial charge in [-0.2, -0.15) is 17.0 Å². The number of carboxylic acid groups (broad SMARTS) is 1. The fourth-order valence-electron chi connectivity index (χ4n) is 1.60. The van der Waals surface area contributed by atoms with Gasteiger partial charge in [0, 0.05) is 26.7 Å². The molecule has 0 aliphatic rings. The van der Waals surface area contributed by atoms with Crippen LogP contribution >= 0.6 is 0 Å². The molecule has 0 bridgehead atoms. The maximum atomic E-state index is 12.2. The average Bonchev–Trinajstić information content (AvgIpc) is 2.28. The highest BCUT2D eigenvalue weighted by Crippen LogP contribution is 2.10. The van der Waals surface area contributed by atoms with Gasteiger partial charge in [0.25, 0.3) is 10.2 Å². The summed E-state index contributed by atoms with van der Waals surface area (Å²) < 4.78 is 27.0. The van der Waals surface area contributed by atoms with Gasteiger partial charge in [0.05, 0.1) is 5.92 Å². The predicted octanol–water partition coefficient (Wildman–Crippen LogP) is 1.01. The van der Waals surface area contributed by atoms with E-state index in [4.69, 9.17) is 5.11 Å². The largest absolute Gasteiger partial charge is 0.481 e. The van der Waals surface area contributed by atoms with Gasteiger partial charge in [0.2, 0.25) is 0 Å². The maximum Gasteiger partial charge on any atom is 0.307 e. The molecule has 0 saturated carbocycles. The van der Waals surface area contributed by atoms with Gasteiger partial charge in [-0.1, -0.05) is 20.8 Å². The van der Waals surface area contributed by atoms with E-state index >= 15 is 0 Å². The molecular weight excluding hydrogens is 256 g/mol. The zero-order valence-corrected chi connectivity index (χ0v) is 12.4. The Hall–Kier alpha value is -0.660. The van der Waals surface area contributed by atoms with Crippen LogP contribution in [0.3, 0.4) is 0 Å². The Labute approximate surface area is 110 Å². The van der Waals surface area contributed by atoms with Crippen molar-refractivity contribution >= 4 is 16.2 Å². The van der Waals surface area contributed by atoms with Crippen LogP contribution < -0.4 is 0 Å². The van der Waals surface area contributed by atoms with Gasteiger partial charge in [-0.05, 0) is 12.8 Å². The van der Waals surface area contributed by atoms with E-state index in [9.17, 15) is 13.2 Å². The lowest BCUT2D eigenvalue weighted by atomic mass is 10.2. The van der Waals surface area contributed by atoms with E-state index in [-0.39, 0.29) is 6.54 Å². The number of aliphatic carboxylic acids is 1. The lowest BCUT2D eigenvalue weighted by Crippen LogP contribution is -2.44. The van der Waals surface area contributed by atoms with Gasteiger partial charge in [0.1, 0.15) is 0 Å². The molecule has 0 aromatic carbocycles. The molecular formula is C11H24N2O4S. The molecule has 0 aliphatic heterocycles. The number of hydrogen-bond acceptors (Lipinski definition) is 3. The first-order valence-corrected chi connectivity index (χ1v) is 7.61. The summed E-state index contributed by atoms with van der Waals surface area (Å²) in [5.41, 5.74) is 0. The molecule has 0 saturated heterocycles. The van der Waals surface area contributed by atoms with Crippen molar-refractivity contribution in [2.45, 2.75) is 33.6 Å². The van der Waals surface area contributed by atoms with Crippen molar-refractivity contribution in [1.82, 2.24) is 8.61 Å². The van der Waals surface area contributed by atoms with Crippen molar-refractivity contribution < 1.29 is 18.3 Å². The fraction of sp³-hybridized carbons (Fsp3) is 0.909. The molecule has 0 radical (unpaired) electrons. The fourth-order valence-corrected chi connectivity index (χ4v) is 3.23. The average molecular weight is 280 g/mol. The van der Waals surface area contributed by atoms with E-state index in [1.54, 1.807) is 0 Å². The van der Waals surface area contributed by atoms with E-state index in [1.165, 1.54) is 18.3 Å². The Bertz CT molecular complexity index is 350. The van der Waals surface area contributed by atoms with Crippen molar-refractivity contribution in [1.29, 1.82) is 0 Å². The second-order valence-electron chi connectivity index (χ2n) is 4.43. The SMILES string of the molecule is CCCN(CCC)S(=O)(=O)N(C)CC(C)C(=O)O. The molecule has 7 heteroatoms. The Morgan fingerprint density at radius 3 is 2.00 bits per heavy atom. The van der Waals surface area contributed by atoms with Crippen LogP contribution in [0.2, 0.25) is 0 Å². The van der Waals surface area contributed by atoms with E-state index < -0.39 is 22.1 Å². The van der Waals surface area contributed by atoms with Crippen LogP contribution in [0, 0.1) is 5.92 Å². The molecule has 0 aliphatic carbocycles. The second-order valence-corrected chi connectivity index (χ2v) is 6.46.